The number of H-pyrrole nitrogens is 1. The Kier molecular flexibility index (Phi) is 14.4. The Balaban J connectivity index is 0.000000311. The molecule has 4 heterocycles. The average molecular weight is 849 g/mol. The predicted molar refractivity (Wildman–Crippen MR) is 194 cm³/mol. The maximum Gasteiger partial charge on any atom is 0.459 e. The quantitative estimate of drug-likeness (QED) is 0.0759. The summed E-state index contributed by atoms with van der Waals surface area (Å²) in [5, 5.41) is 53.5. The van der Waals surface area contributed by atoms with Crippen LogP contribution in [0.25, 0.3) is 0 Å². The summed E-state index contributed by atoms with van der Waals surface area (Å²) in [6, 6.07) is 7.42. The highest BCUT2D eigenvalue weighted by Crippen LogP contribution is 2.51. The van der Waals surface area contributed by atoms with Gasteiger partial charge in [-0.15, -0.1) is 0 Å². The van der Waals surface area contributed by atoms with Gasteiger partial charge in [0.05, 0.1) is 12.5 Å². The lowest BCUT2D eigenvalue weighted by Gasteiger charge is -2.36. The van der Waals surface area contributed by atoms with Crippen LogP contribution in [-0.2, 0) is 37.7 Å². The minimum absolute atomic E-state index is 0.0521. The standard InChI is InChI=1S/C23H31FN3O10P.C12H16FNO6/c1-5-22(32)19(30)23(24,36-20(22)27-12-11-17(28)25-21(27)31)13-34-38(33,37-16-9-7-6-8-10-16)26-15(4)18(29)35-14(2)3;1-2-11(19)9(18)12(13,6-15)20-10(11)14-4-3-7(16)5-8(14)17/h6-12,14-15,19-20,30,32H,5,13H2,1-4H3,(H,26,33)(H,25,28,31);3-4,9-10,15,18-19H,2,5-6H2,1H3/t15-,19-,20+,22+,23+,38-;9-,10+,11+,12+/m00/s1. The zero-order valence-corrected chi connectivity index (χ0v) is 32.9. The molecule has 20 nitrogen and oxygen atoms in total. The van der Waals surface area contributed by atoms with E-state index in [1.165, 1.54) is 32.9 Å². The molecule has 2 aromatic rings. The van der Waals surface area contributed by atoms with Crippen molar-refractivity contribution in [3.63, 3.8) is 0 Å². The van der Waals surface area contributed by atoms with Crippen LogP contribution in [0.5, 0.6) is 5.75 Å². The van der Waals surface area contributed by atoms with E-state index in [4.69, 9.17) is 28.4 Å². The lowest BCUT2D eigenvalue weighted by atomic mass is 9.89. The summed E-state index contributed by atoms with van der Waals surface area (Å²) in [5.41, 5.74) is -6.21. The Morgan fingerprint density at radius 3 is 2.12 bits per heavy atom. The predicted octanol–water partition coefficient (Wildman–Crippen LogP) is 0.185. The summed E-state index contributed by atoms with van der Waals surface area (Å²) >= 11 is 0. The molecule has 7 N–H and O–H groups in total. The number of esters is 1. The van der Waals surface area contributed by atoms with Crippen molar-refractivity contribution in [2.75, 3.05) is 13.2 Å². The third-order valence-electron chi connectivity index (χ3n) is 9.43. The molecule has 5 rings (SSSR count). The van der Waals surface area contributed by atoms with Gasteiger partial charge in [0.25, 0.3) is 17.3 Å². The SMILES string of the molecule is CC[C@]1(O)[C@H](N2C=CC(=O)CC2=O)O[C@](F)(CO)[C@H]1O.CC[C@]1(O)[C@H](n2ccc(=O)[nH]c2=O)O[C@](F)(CO[P@@](=O)(N[C@@H](C)C(=O)OC(C)C)Oc2ccccc2)[C@H]1O. The smallest absolute Gasteiger partial charge is 0.459 e. The fourth-order valence-corrected chi connectivity index (χ4v) is 7.67. The fraction of sp³-hybridized carbons (Fsp3) is 0.571. The van der Waals surface area contributed by atoms with Gasteiger partial charge in [-0.25, -0.2) is 18.1 Å². The number of aromatic amines is 1. The molecule has 0 bridgehead atoms. The first kappa shape index (κ1) is 46.5. The number of carbonyl (C=O) groups is 3. The number of para-hydroxylation sites is 1. The average Bonchev–Trinajstić information content (AvgIpc) is 3.50. The van der Waals surface area contributed by atoms with Gasteiger partial charge in [-0.1, -0.05) is 32.0 Å². The molecular formula is C35H47F2N4O16P. The first-order chi connectivity index (χ1) is 27.0. The molecule has 2 fully saturated rings. The number of benzene rings is 1. The van der Waals surface area contributed by atoms with E-state index in [1.54, 1.807) is 32.0 Å². The number of ketones is 1. The Bertz CT molecular complexity index is 2010. The lowest BCUT2D eigenvalue weighted by molar-refractivity contribution is -0.213. The summed E-state index contributed by atoms with van der Waals surface area (Å²) < 4.78 is 70.6. The second kappa shape index (κ2) is 18.0. The van der Waals surface area contributed by atoms with Gasteiger partial charge in [-0.05, 0) is 51.8 Å². The van der Waals surface area contributed by atoms with E-state index in [2.05, 4.69) is 5.09 Å². The number of hydrogen-bond donors (Lipinski definition) is 7. The Labute approximate surface area is 329 Å². The van der Waals surface area contributed by atoms with Crippen LogP contribution in [0, 0.1) is 0 Å². The largest absolute Gasteiger partial charge is 0.462 e. The number of amides is 1. The molecule has 23 heteroatoms. The maximum absolute atomic E-state index is 16.0. The Morgan fingerprint density at radius 2 is 1.57 bits per heavy atom. The van der Waals surface area contributed by atoms with Crippen LogP contribution < -0.4 is 20.9 Å². The number of alkyl halides is 2. The molecule has 2 saturated heterocycles. The molecule has 1 aromatic carbocycles. The highest BCUT2D eigenvalue weighted by atomic mass is 31.2. The molecule has 3 aliphatic rings. The monoisotopic (exact) mass is 848 g/mol. The van der Waals surface area contributed by atoms with E-state index >= 15 is 4.39 Å². The molecule has 1 amide bonds. The molecule has 10 atom stereocenters. The van der Waals surface area contributed by atoms with Gasteiger partial charge in [0.15, 0.2) is 18.2 Å². The van der Waals surface area contributed by atoms with Gasteiger partial charge in [0.1, 0.15) is 48.4 Å². The normalized spacial score (nSPS) is 32.4. The molecule has 0 spiro atoms. The first-order valence-corrected chi connectivity index (χ1v) is 19.5. The van der Waals surface area contributed by atoms with Gasteiger partial charge in [0, 0.05) is 18.5 Å². The van der Waals surface area contributed by atoms with Crippen molar-refractivity contribution in [2.24, 2.45) is 0 Å². The van der Waals surface area contributed by atoms with E-state index in [-0.39, 0.29) is 18.6 Å². The Hall–Kier alpha value is -4.22. The van der Waals surface area contributed by atoms with E-state index in [0.29, 0.717) is 4.57 Å². The number of aliphatic hydroxyl groups excluding tert-OH is 3. The van der Waals surface area contributed by atoms with Crippen molar-refractivity contribution >= 4 is 25.4 Å². The first-order valence-electron chi connectivity index (χ1n) is 18.0. The van der Waals surface area contributed by atoms with Crippen LogP contribution in [0.15, 0.2) is 64.5 Å². The van der Waals surface area contributed by atoms with Crippen molar-refractivity contribution in [1.82, 2.24) is 19.5 Å². The van der Waals surface area contributed by atoms with E-state index in [9.17, 15) is 53.4 Å². The Morgan fingerprint density at radius 1 is 0.983 bits per heavy atom. The number of allylic oxidation sites excluding steroid dienone is 1. The highest BCUT2D eigenvalue weighted by molar-refractivity contribution is 7.52. The molecule has 0 aliphatic carbocycles. The minimum atomic E-state index is -4.55. The summed E-state index contributed by atoms with van der Waals surface area (Å²) in [6.45, 7) is 5.03. The van der Waals surface area contributed by atoms with Crippen LogP contribution in [0.1, 0.15) is 60.1 Å². The van der Waals surface area contributed by atoms with Gasteiger partial charge >= 0.3 is 19.4 Å². The van der Waals surface area contributed by atoms with Gasteiger partial charge < -0.3 is 44.3 Å². The second-order valence-corrected chi connectivity index (χ2v) is 15.6. The molecule has 0 saturated carbocycles. The summed E-state index contributed by atoms with van der Waals surface area (Å²) in [7, 11) is -4.55. The van der Waals surface area contributed by atoms with E-state index < -0.39 is 116 Å². The van der Waals surface area contributed by atoms with E-state index in [1.807, 2.05) is 4.98 Å². The zero-order valence-electron chi connectivity index (χ0n) is 32.0. The van der Waals surface area contributed by atoms with Crippen molar-refractivity contribution in [3.05, 3.63) is 75.7 Å². The number of nitrogens with one attached hydrogen (secondary N) is 2. The third-order valence-corrected chi connectivity index (χ3v) is 11.1. The van der Waals surface area contributed by atoms with Crippen molar-refractivity contribution in [2.45, 2.75) is 114 Å². The molecule has 1 aromatic heterocycles. The van der Waals surface area contributed by atoms with Gasteiger partial charge in [0.2, 0.25) is 5.91 Å². The highest BCUT2D eigenvalue weighted by Gasteiger charge is 2.66. The minimum Gasteiger partial charge on any atom is -0.462 e. The number of rotatable bonds is 14. The molecule has 0 unspecified atom stereocenters. The van der Waals surface area contributed by atoms with Gasteiger partial charge in [-0.3, -0.25) is 38.2 Å². The lowest BCUT2D eigenvalue weighted by Crippen LogP contribution is -2.56. The van der Waals surface area contributed by atoms with Crippen LogP contribution in [0.2, 0.25) is 0 Å². The van der Waals surface area contributed by atoms with Crippen molar-refractivity contribution in [3.8, 4) is 5.75 Å². The number of ether oxygens (including phenoxy) is 3. The number of aliphatic hydroxyl groups is 5. The van der Waals surface area contributed by atoms with E-state index in [0.717, 1.165) is 29.4 Å². The number of nitrogens with zero attached hydrogens (tertiary/aromatic N) is 2. The zero-order chi connectivity index (χ0) is 43.4. The molecular weight excluding hydrogens is 801 g/mol. The van der Waals surface area contributed by atoms with Crippen LogP contribution in [0.4, 0.5) is 8.78 Å². The maximum atomic E-state index is 16.0. The summed E-state index contributed by atoms with van der Waals surface area (Å²) in [6.07, 6.45) is -5.77. The molecule has 58 heavy (non-hydrogen) atoms. The number of aromatic nitrogens is 2. The van der Waals surface area contributed by atoms with Crippen LogP contribution in [0.3, 0.4) is 0 Å². The molecule has 322 valence electrons. The van der Waals surface area contributed by atoms with Crippen molar-refractivity contribution in [1.29, 1.82) is 0 Å². The number of halogens is 2. The summed E-state index contributed by atoms with van der Waals surface area (Å²) in [4.78, 5) is 61.8. The topological polar surface area (TPSA) is 286 Å². The second-order valence-electron chi connectivity index (χ2n) is 14.0. The molecule has 3 aliphatic heterocycles. The van der Waals surface area contributed by atoms with Gasteiger partial charge in [-0.2, -0.15) is 5.09 Å². The number of hydrogen-bond acceptors (Lipinski definition) is 16. The number of carbonyl (C=O) groups excluding carboxylic acids is 3. The third kappa shape index (κ3) is 9.63. The van der Waals surface area contributed by atoms with Crippen LogP contribution in [-0.4, -0.2) is 124 Å². The molecule has 0 radical (unpaired) electrons. The fourth-order valence-electron chi connectivity index (χ4n) is 6.16. The summed E-state index contributed by atoms with van der Waals surface area (Å²) in [5.74, 6) is -7.90. The van der Waals surface area contributed by atoms with Crippen molar-refractivity contribution < 1.29 is 76.5 Å². The van der Waals surface area contributed by atoms with Crippen LogP contribution >= 0.6 is 7.75 Å².